The summed E-state index contributed by atoms with van der Waals surface area (Å²) in [7, 11) is 0. The first kappa shape index (κ1) is 13.6. The van der Waals surface area contributed by atoms with E-state index in [1.165, 1.54) is 0 Å². The van der Waals surface area contributed by atoms with Crippen LogP contribution in [0.1, 0.15) is 5.69 Å². The zero-order valence-corrected chi connectivity index (χ0v) is 10.3. The molecule has 2 rings (SSSR count). The summed E-state index contributed by atoms with van der Waals surface area (Å²) >= 11 is 5.46. The molecule has 0 aromatic carbocycles. The van der Waals surface area contributed by atoms with E-state index in [0.717, 1.165) is 6.07 Å². The van der Waals surface area contributed by atoms with Gasteiger partial charge in [-0.2, -0.15) is 13.2 Å². The number of alkyl halides is 3. The Labute approximate surface area is 111 Å². The van der Waals surface area contributed by atoms with Crippen LogP contribution in [-0.4, -0.2) is 26.1 Å². The van der Waals surface area contributed by atoms with Gasteiger partial charge in [0.1, 0.15) is 5.82 Å². The molecule has 0 amide bonds. The maximum atomic E-state index is 12.5. The van der Waals surface area contributed by atoms with Crippen LogP contribution in [0.2, 0.25) is 5.28 Å². The molecule has 5 nitrogen and oxygen atoms in total. The van der Waals surface area contributed by atoms with Crippen LogP contribution in [0.25, 0.3) is 0 Å². The fourth-order valence-corrected chi connectivity index (χ4v) is 1.57. The van der Waals surface area contributed by atoms with Gasteiger partial charge in [0.25, 0.3) is 0 Å². The summed E-state index contributed by atoms with van der Waals surface area (Å²) in [6, 6.07) is 0.819. The van der Waals surface area contributed by atoms with Crippen LogP contribution in [-0.2, 0) is 12.7 Å². The Kier molecular flexibility index (Phi) is 3.89. The number of halogens is 4. The van der Waals surface area contributed by atoms with Crippen LogP contribution in [0.4, 0.5) is 19.0 Å². The molecule has 19 heavy (non-hydrogen) atoms. The van der Waals surface area contributed by atoms with Crippen molar-refractivity contribution in [1.82, 2.24) is 19.5 Å². The summed E-state index contributed by atoms with van der Waals surface area (Å²) in [5, 5.41) is 2.31. The van der Waals surface area contributed by atoms with Crippen molar-refractivity contribution >= 4 is 17.4 Å². The number of hydrogen-bond acceptors (Lipinski definition) is 4. The lowest BCUT2D eigenvalue weighted by Crippen LogP contribution is -2.13. The third-order valence-corrected chi connectivity index (χ3v) is 2.39. The predicted octanol–water partition coefficient (Wildman–Crippen LogP) is 2.46. The van der Waals surface area contributed by atoms with E-state index in [9.17, 15) is 13.2 Å². The molecule has 2 aromatic heterocycles. The number of anilines is 1. The van der Waals surface area contributed by atoms with Crippen LogP contribution in [0.3, 0.4) is 0 Å². The Morgan fingerprint density at radius 1 is 1.32 bits per heavy atom. The monoisotopic (exact) mass is 291 g/mol. The van der Waals surface area contributed by atoms with Gasteiger partial charge >= 0.3 is 6.18 Å². The van der Waals surface area contributed by atoms with Crippen molar-refractivity contribution in [3.05, 3.63) is 35.8 Å². The van der Waals surface area contributed by atoms with Gasteiger partial charge in [0.2, 0.25) is 5.28 Å². The Morgan fingerprint density at radius 2 is 2.11 bits per heavy atom. The van der Waals surface area contributed by atoms with Crippen LogP contribution in [0.15, 0.2) is 24.8 Å². The Morgan fingerprint density at radius 3 is 2.74 bits per heavy atom. The van der Waals surface area contributed by atoms with Crippen molar-refractivity contribution in [2.45, 2.75) is 12.7 Å². The second kappa shape index (κ2) is 5.43. The number of hydrogen-bond donors (Lipinski definition) is 1. The fourth-order valence-electron chi connectivity index (χ4n) is 1.39. The maximum absolute atomic E-state index is 12.5. The summed E-state index contributed by atoms with van der Waals surface area (Å²) in [6.45, 7) is 0.934. The first-order valence-corrected chi connectivity index (χ1v) is 5.64. The van der Waals surface area contributed by atoms with Crippen molar-refractivity contribution in [2.75, 3.05) is 11.9 Å². The predicted molar refractivity (Wildman–Crippen MR) is 62.8 cm³/mol. The molecule has 0 unspecified atom stereocenters. The summed E-state index contributed by atoms with van der Waals surface area (Å²) in [6.07, 6.45) is 0.419. The quantitative estimate of drug-likeness (QED) is 0.879. The first-order chi connectivity index (χ1) is 8.95. The lowest BCUT2D eigenvalue weighted by atomic mass is 10.4. The van der Waals surface area contributed by atoms with Gasteiger partial charge in [-0.15, -0.1) is 0 Å². The molecule has 1 N–H and O–H groups in total. The van der Waals surface area contributed by atoms with E-state index in [1.54, 1.807) is 23.3 Å². The molecule has 0 aliphatic carbocycles. The highest BCUT2D eigenvalue weighted by Crippen LogP contribution is 2.29. The molecular formula is C10H9ClF3N5. The van der Waals surface area contributed by atoms with E-state index >= 15 is 0 Å². The smallest absolute Gasteiger partial charge is 0.368 e. The zero-order chi connectivity index (χ0) is 13.9. The number of aromatic nitrogens is 4. The highest BCUT2D eigenvalue weighted by Gasteiger charge is 2.33. The normalized spacial score (nSPS) is 11.6. The van der Waals surface area contributed by atoms with Crippen LogP contribution < -0.4 is 5.32 Å². The number of nitrogens with one attached hydrogen (secondary N) is 1. The molecule has 2 aromatic rings. The van der Waals surface area contributed by atoms with Crippen molar-refractivity contribution in [1.29, 1.82) is 0 Å². The van der Waals surface area contributed by atoms with Gasteiger partial charge in [-0.1, -0.05) is 0 Å². The second-order valence-corrected chi connectivity index (χ2v) is 3.97. The number of nitrogens with zero attached hydrogens (tertiary/aromatic N) is 4. The van der Waals surface area contributed by atoms with Crippen LogP contribution in [0.5, 0.6) is 0 Å². The van der Waals surface area contributed by atoms with Crippen molar-refractivity contribution in [3.63, 3.8) is 0 Å². The SMILES string of the molecule is FC(F)(F)c1cc(NCCn2ccnc2)nc(Cl)n1. The molecule has 9 heteroatoms. The van der Waals surface area contributed by atoms with E-state index in [1.807, 2.05) is 0 Å². The van der Waals surface area contributed by atoms with E-state index in [4.69, 9.17) is 11.6 Å². The summed E-state index contributed by atoms with van der Waals surface area (Å²) in [4.78, 5) is 10.7. The molecule has 0 aliphatic rings. The van der Waals surface area contributed by atoms with Gasteiger partial charge in [0.15, 0.2) is 5.69 Å². The molecule has 0 saturated heterocycles. The summed E-state index contributed by atoms with van der Waals surface area (Å²) < 4.78 is 39.3. The summed E-state index contributed by atoms with van der Waals surface area (Å²) in [5.41, 5.74) is -1.07. The van der Waals surface area contributed by atoms with E-state index in [0.29, 0.717) is 13.1 Å². The van der Waals surface area contributed by atoms with Gasteiger partial charge in [-0.05, 0) is 11.6 Å². The van der Waals surface area contributed by atoms with Crippen LogP contribution >= 0.6 is 11.6 Å². The topological polar surface area (TPSA) is 55.6 Å². The van der Waals surface area contributed by atoms with Crippen molar-refractivity contribution in [2.24, 2.45) is 0 Å². The Hall–Kier alpha value is -1.83. The Balaban J connectivity index is 2.02. The molecule has 0 spiro atoms. The first-order valence-electron chi connectivity index (χ1n) is 5.26. The van der Waals surface area contributed by atoms with E-state index < -0.39 is 17.2 Å². The largest absolute Gasteiger partial charge is 0.433 e. The number of imidazole rings is 1. The summed E-state index contributed by atoms with van der Waals surface area (Å²) in [5.74, 6) is 0.0347. The lowest BCUT2D eigenvalue weighted by molar-refractivity contribution is -0.141. The maximum Gasteiger partial charge on any atom is 0.433 e. The lowest BCUT2D eigenvalue weighted by Gasteiger charge is -2.10. The molecular weight excluding hydrogens is 283 g/mol. The average molecular weight is 292 g/mol. The van der Waals surface area contributed by atoms with Crippen molar-refractivity contribution < 1.29 is 13.2 Å². The van der Waals surface area contributed by atoms with Gasteiger partial charge in [0.05, 0.1) is 6.33 Å². The minimum absolute atomic E-state index is 0.0347. The molecule has 102 valence electrons. The Bertz CT molecular complexity index is 541. The molecule has 0 aliphatic heterocycles. The van der Waals surface area contributed by atoms with E-state index in [-0.39, 0.29) is 5.82 Å². The molecule has 2 heterocycles. The molecule has 0 radical (unpaired) electrons. The second-order valence-electron chi connectivity index (χ2n) is 3.63. The van der Waals surface area contributed by atoms with E-state index in [2.05, 4.69) is 20.3 Å². The highest BCUT2D eigenvalue weighted by atomic mass is 35.5. The third-order valence-electron chi connectivity index (χ3n) is 2.22. The molecule has 0 fully saturated rings. The van der Waals surface area contributed by atoms with Gasteiger partial charge < -0.3 is 9.88 Å². The molecule has 0 bridgehead atoms. The standard InChI is InChI=1S/C10H9ClF3N5/c11-9-17-7(10(12,13)14)5-8(18-9)16-2-4-19-3-1-15-6-19/h1,3,5-6H,2,4H2,(H,16,17,18). The van der Waals surface area contributed by atoms with Gasteiger partial charge in [0, 0.05) is 31.5 Å². The van der Waals surface area contributed by atoms with Gasteiger partial charge in [-0.25, -0.2) is 15.0 Å². The highest BCUT2D eigenvalue weighted by molar-refractivity contribution is 6.28. The minimum atomic E-state index is -4.55. The van der Waals surface area contributed by atoms with Crippen LogP contribution in [0, 0.1) is 0 Å². The molecule has 0 atom stereocenters. The van der Waals surface area contributed by atoms with Gasteiger partial charge in [-0.3, -0.25) is 0 Å². The zero-order valence-electron chi connectivity index (χ0n) is 9.52. The average Bonchev–Trinajstić information content (AvgIpc) is 2.80. The van der Waals surface area contributed by atoms with Crippen molar-refractivity contribution in [3.8, 4) is 0 Å². The minimum Gasteiger partial charge on any atom is -0.368 e. The fraction of sp³-hybridized carbons (Fsp3) is 0.300. The number of rotatable bonds is 4. The third kappa shape index (κ3) is 3.82. The molecule has 0 saturated carbocycles.